The molecule has 0 radical (unpaired) electrons. The summed E-state index contributed by atoms with van der Waals surface area (Å²) in [6, 6.07) is 13.3. The van der Waals surface area contributed by atoms with Gasteiger partial charge in [-0.05, 0) is 30.2 Å². The van der Waals surface area contributed by atoms with Crippen LogP contribution in [0.5, 0.6) is 11.5 Å². The van der Waals surface area contributed by atoms with Gasteiger partial charge in [-0.2, -0.15) is 0 Å². The molecule has 5 heteroatoms. The van der Waals surface area contributed by atoms with E-state index in [-0.39, 0.29) is 12.2 Å². The fraction of sp³-hybridized carbons (Fsp3) is 0.278. The van der Waals surface area contributed by atoms with E-state index < -0.39 is 0 Å². The van der Waals surface area contributed by atoms with Gasteiger partial charge in [-0.15, -0.1) is 0 Å². The summed E-state index contributed by atoms with van der Waals surface area (Å²) in [5.41, 5.74) is 2.65. The Kier molecular flexibility index (Phi) is 4.48. The molecule has 0 amide bonds. The second-order valence-corrected chi connectivity index (χ2v) is 5.27. The molecule has 0 fully saturated rings. The number of carbonyl (C=O) groups is 1. The zero-order valence-electron chi connectivity index (χ0n) is 13.2. The molecule has 5 nitrogen and oxygen atoms in total. The van der Waals surface area contributed by atoms with E-state index in [4.69, 9.17) is 14.2 Å². The minimum Gasteiger partial charge on any atom is -0.493 e. The lowest BCUT2D eigenvalue weighted by atomic mass is 10.1. The number of carbonyl (C=O) groups excluding carboxylic acids is 1. The molecule has 0 aliphatic carbocycles. The van der Waals surface area contributed by atoms with Gasteiger partial charge in [-0.1, -0.05) is 24.3 Å². The van der Waals surface area contributed by atoms with Gasteiger partial charge in [0.15, 0.2) is 17.7 Å². The molecule has 23 heavy (non-hydrogen) atoms. The summed E-state index contributed by atoms with van der Waals surface area (Å²) in [6.07, 6.45) is 0.412. The molecule has 120 valence electrons. The van der Waals surface area contributed by atoms with Crippen molar-refractivity contribution in [3.05, 3.63) is 59.2 Å². The molecule has 0 spiro atoms. The van der Waals surface area contributed by atoms with Crippen molar-refractivity contribution in [2.24, 2.45) is 0 Å². The Labute approximate surface area is 135 Å². The number of methoxy groups -OCH3 is 2. The van der Waals surface area contributed by atoms with Crippen molar-refractivity contribution in [1.29, 1.82) is 0 Å². The Morgan fingerprint density at radius 1 is 1.09 bits per heavy atom. The lowest BCUT2D eigenvalue weighted by Gasteiger charge is -2.13. The number of nitrogens with one attached hydrogen (secondary N) is 1. The molecule has 2 aromatic carbocycles. The van der Waals surface area contributed by atoms with Crippen LogP contribution >= 0.6 is 0 Å². The second kappa shape index (κ2) is 6.71. The van der Waals surface area contributed by atoms with Crippen LogP contribution in [0.15, 0.2) is 42.5 Å². The first-order chi connectivity index (χ1) is 11.2. The highest BCUT2D eigenvalue weighted by Gasteiger charge is 2.29. The summed E-state index contributed by atoms with van der Waals surface area (Å²) in [4.78, 5) is 11.8. The van der Waals surface area contributed by atoms with E-state index in [1.54, 1.807) is 20.3 Å². The zero-order chi connectivity index (χ0) is 16.2. The summed E-state index contributed by atoms with van der Waals surface area (Å²) in [6.45, 7) is 0.682. The smallest absolute Gasteiger partial charge is 0.340 e. The van der Waals surface area contributed by atoms with Gasteiger partial charge in [0.05, 0.1) is 19.8 Å². The molecule has 1 atom stereocenters. The zero-order valence-corrected chi connectivity index (χ0v) is 13.2. The molecular formula is C18H19NO4. The maximum Gasteiger partial charge on any atom is 0.340 e. The molecule has 1 heterocycles. The van der Waals surface area contributed by atoms with Crippen molar-refractivity contribution in [2.75, 3.05) is 20.8 Å². The molecule has 0 bridgehead atoms. The van der Waals surface area contributed by atoms with E-state index in [1.165, 1.54) is 0 Å². The number of esters is 1. The molecule has 1 aliphatic heterocycles. The summed E-state index contributed by atoms with van der Waals surface area (Å²) < 4.78 is 15.9. The Bertz CT molecular complexity index is 714. The number of hydrogen-bond acceptors (Lipinski definition) is 5. The molecule has 0 saturated carbocycles. The van der Waals surface area contributed by atoms with Gasteiger partial charge >= 0.3 is 5.97 Å². The molecule has 1 N–H and O–H groups in total. The highest BCUT2D eigenvalue weighted by Crippen LogP contribution is 2.29. The molecule has 1 aliphatic rings. The normalized spacial score (nSPS) is 15.9. The topological polar surface area (TPSA) is 56.8 Å². The van der Waals surface area contributed by atoms with Crippen molar-refractivity contribution >= 4 is 5.97 Å². The Hall–Kier alpha value is -2.53. The standard InChI is InChI=1S/C18H19NO4/c1-21-15-8-7-12(11-16(15)22-2)9-10-19-17-13-5-3-4-6-14(13)18(20)23-17/h3-8,11,17,19H,9-10H2,1-2H3. The van der Waals surface area contributed by atoms with Crippen LogP contribution in [0.25, 0.3) is 0 Å². The van der Waals surface area contributed by atoms with Gasteiger partial charge in [0, 0.05) is 12.1 Å². The third kappa shape index (κ3) is 3.14. The van der Waals surface area contributed by atoms with E-state index >= 15 is 0 Å². The quantitative estimate of drug-likeness (QED) is 0.831. The van der Waals surface area contributed by atoms with E-state index in [2.05, 4.69) is 5.32 Å². The van der Waals surface area contributed by atoms with Gasteiger partial charge < -0.3 is 14.2 Å². The van der Waals surface area contributed by atoms with Gasteiger partial charge in [-0.3, -0.25) is 5.32 Å². The summed E-state index contributed by atoms with van der Waals surface area (Å²) in [5.74, 6) is 1.15. The highest BCUT2D eigenvalue weighted by molar-refractivity contribution is 5.93. The molecule has 2 aromatic rings. The molecule has 0 aromatic heterocycles. The van der Waals surface area contributed by atoms with Crippen molar-refractivity contribution < 1.29 is 19.0 Å². The highest BCUT2D eigenvalue weighted by atomic mass is 16.6. The first-order valence-electron chi connectivity index (χ1n) is 7.47. The maximum absolute atomic E-state index is 11.8. The second-order valence-electron chi connectivity index (χ2n) is 5.27. The number of hydrogen-bond donors (Lipinski definition) is 1. The van der Waals surface area contributed by atoms with Gasteiger partial charge in [0.2, 0.25) is 0 Å². The summed E-state index contributed by atoms with van der Waals surface area (Å²) in [7, 11) is 3.24. The number of cyclic esters (lactones) is 1. The molecule has 1 unspecified atom stereocenters. The van der Waals surface area contributed by atoms with Crippen molar-refractivity contribution in [3.8, 4) is 11.5 Å². The predicted molar refractivity (Wildman–Crippen MR) is 85.9 cm³/mol. The minimum absolute atomic E-state index is 0.274. The van der Waals surface area contributed by atoms with Crippen molar-refractivity contribution in [2.45, 2.75) is 12.6 Å². The Morgan fingerprint density at radius 3 is 2.65 bits per heavy atom. The van der Waals surface area contributed by atoms with Crippen LogP contribution in [0.1, 0.15) is 27.7 Å². The fourth-order valence-electron chi connectivity index (χ4n) is 2.68. The minimum atomic E-state index is -0.376. The van der Waals surface area contributed by atoms with E-state index in [0.717, 1.165) is 17.5 Å². The van der Waals surface area contributed by atoms with E-state index in [1.807, 2.05) is 36.4 Å². The summed E-state index contributed by atoms with van der Waals surface area (Å²) >= 11 is 0. The van der Waals surface area contributed by atoms with Crippen LogP contribution in [0, 0.1) is 0 Å². The van der Waals surface area contributed by atoms with E-state index in [9.17, 15) is 4.79 Å². The molecule has 0 saturated heterocycles. The Balaban J connectivity index is 1.61. The lowest BCUT2D eigenvalue weighted by molar-refractivity contribution is 0.0310. The SMILES string of the molecule is COc1ccc(CCNC2OC(=O)c3ccccc32)cc1OC. The van der Waals surface area contributed by atoms with Gasteiger partial charge in [0.1, 0.15) is 0 Å². The van der Waals surface area contributed by atoms with Crippen molar-refractivity contribution in [3.63, 3.8) is 0 Å². The van der Waals surface area contributed by atoms with Gasteiger partial charge in [0.25, 0.3) is 0 Å². The monoisotopic (exact) mass is 313 g/mol. The Morgan fingerprint density at radius 2 is 1.87 bits per heavy atom. The van der Waals surface area contributed by atoms with Crippen LogP contribution in [0.2, 0.25) is 0 Å². The lowest BCUT2D eigenvalue weighted by Crippen LogP contribution is -2.23. The fourth-order valence-corrected chi connectivity index (χ4v) is 2.68. The first kappa shape index (κ1) is 15.4. The number of benzene rings is 2. The summed E-state index contributed by atoms with van der Waals surface area (Å²) in [5, 5.41) is 3.27. The average Bonchev–Trinajstić information content (AvgIpc) is 2.91. The first-order valence-corrected chi connectivity index (χ1v) is 7.47. The third-order valence-electron chi connectivity index (χ3n) is 3.88. The van der Waals surface area contributed by atoms with Gasteiger partial charge in [-0.25, -0.2) is 4.79 Å². The van der Waals surface area contributed by atoms with Crippen LogP contribution in [-0.4, -0.2) is 26.7 Å². The van der Waals surface area contributed by atoms with Crippen LogP contribution in [0.3, 0.4) is 0 Å². The molecular weight excluding hydrogens is 294 g/mol. The third-order valence-corrected chi connectivity index (χ3v) is 3.88. The number of rotatable bonds is 6. The van der Waals surface area contributed by atoms with Crippen LogP contribution in [0.4, 0.5) is 0 Å². The van der Waals surface area contributed by atoms with Crippen LogP contribution in [-0.2, 0) is 11.2 Å². The van der Waals surface area contributed by atoms with Crippen LogP contribution < -0.4 is 14.8 Å². The molecule has 3 rings (SSSR count). The largest absolute Gasteiger partial charge is 0.493 e. The van der Waals surface area contributed by atoms with Crippen molar-refractivity contribution in [1.82, 2.24) is 5.32 Å². The number of fused-ring (bicyclic) bond motifs is 1. The van der Waals surface area contributed by atoms with E-state index in [0.29, 0.717) is 23.6 Å². The average molecular weight is 313 g/mol. The number of ether oxygens (including phenoxy) is 3. The predicted octanol–water partition coefficient (Wildman–Crippen LogP) is 2.71. The maximum atomic E-state index is 11.8.